The Kier molecular flexibility index (Phi) is 4.92. The first-order chi connectivity index (χ1) is 11.8. The standard InChI is InChI=1S/C19H22N2O3S/c1-14-3-5-15(6-4-14)11-19(22)20-18-8-7-16-9-10-21(25(2,23)24)13-17(16)12-18/h3-8,12H,9-11,13H2,1-2H3,(H,20,22). The molecule has 0 spiro atoms. The van der Waals surface area contributed by atoms with Crippen molar-refractivity contribution in [2.75, 3.05) is 18.1 Å². The monoisotopic (exact) mass is 358 g/mol. The molecule has 0 saturated heterocycles. The van der Waals surface area contributed by atoms with Crippen molar-refractivity contribution in [1.29, 1.82) is 0 Å². The van der Waals surface area contributed by atoms with E-state index in [9.17, 15) is 13.2 Å². The van der Waals surface area contributed by atoms with Gasteiger partial charge in [0.25, 0.3) is 0 Å². The number of carbonyl (C=O) groups is 1. The average molecular weight is 358 g/mol. The van der Waals surface area contributed by atoms with Crippen LogP contribution in [0.4, 0.5) is 5.69 Å². The van der Waals surface area contributed by atoms with E-state index in [0.29, 0.717) is 31.6 Å². The van der Waals surface area contributed by atoms with Gasteiger partial charge in [-0.2, -0.15) is 4.31 Å². The fourth-order valence-corrected chi connectivity index (χ4v) is 3.79. The van der Waals surface area contributed by atoms with Crippen LogP contribution in [0.15, 0.2) is 42.5 Å². The van der Waals surface area contributed by atoms with Gasteiger partial charge in [-0.1, -0.05) is 35.9 Å². The predicted octanol–water partition coefficient (Wildman–Crippen LogP) is 2.49. The summed E-state index contributed by atoms with van der Waals surface area (Å²) in [7, 11) is -3.20. The van der Waals surface area contributed by atoms with E-state index in [0.717, 1.165) is 22.3 Å². The molecule has 0 aromatic heterocycles. The van der Waals surface area contributed by atoms with E-state index < -0.39 is 10.0 Å². The Morgan fingerprint density at radius 3 is 2.52 bits per heavy atom. The third-order valence-corrected chi connectivity index (χ3v) is 5.67. The first-order valence-electron chi connectivity index (χ1n) is 8.23. The summed E-state index contributed by atoms with van der Waals surface area (Å²) in [4.78, 5) is 12.2. The van der Waals surface area contributed by atoms with Crippen LogP contribution in [0.2, 0.25) is 0 Å². The normalized spacial score (nSPS) is 14.8. The number of fused-ring (bicyclic) bond motifs is 1. The molecule has 0 radical (unpaired) electrons. The van der Waals surface area contributed by atoms with Crippen LogP contribution < -0.4 is 5.32 Å². The summed E-state index contributed by atoms with van der Waals surface area (Å²) >= 11 is 0. The zero-order valence-corrected chi connectivity index (χ0v) is 15.3. The highest BCUT2D eigenvalue weighted by atomic mass is 32.2. The number of hydrogen-bond donors (Lipinski definition) is 1. The zero-order valence-electron chi connectivity index (χ0n) is 14.5. The molecule has 1 aliphatic heterocycles. The number of hydrogen-bond acceptors (Lipinski definition) is 3. The molecule has 0 aliphatic carbocycles. The lowest BCUT2D eigenvalue weighted by atomic mass is 10.0. The Labute approximate surface area is 148 Å². The van der Waals surface area contributed by atoms with Crippen LogP contribution in [-0.4, -0.2) is 31.4 Å². The molecule has 3 rings (SSSR count). The number of carbonyl (C=O) groups excluding carboxylic acids is 1. The molecular weight excluding hydrogens is 336 g/mol. The Bertz CT molecular complexity index is 889. The van der Waals surface area contributed by atoms with Crippen molar-refractivity contribution in [3.8, 4) is 0 Å². The maximum absolute atomic E-state index is 12.2. The lowest BCUT2D eigenvalue weighted by molar-refractivity contribution is -0.115. The number of anilines is 1. The van der Waals surface area contributed by atoms with E-state index in [2.05, 4.69) is 5.32 Å². The van der Waals surface area contributed by atoms with Gasteiger partial charge in [-0.25, -0.2) is 8.42 Å². The summed E-state index contributed by atoms with van der Waals surface area (Å²) in [5.41, 5.74) is 4.91. The van der Waals surface area contributed by atoms with Gasteiger partial charge in [0.2, 0.25) is 15.9 Å². The first-order valence-corrected chi connectivity index (χ1v) is 10.1. The molecule has 1 amide bonds. The van der Waals surface area contributed by atoms with Gasteiger partial charge in [0.1, 0.15) is 0 Å². The number of nitrogens with one attached hydrogen (secondary N) is 1. The minimum atomic E-state index is -3.20. The first kappa shape index (κ1) is 17.6. The van der Waals surface area contributed by atoms with Crippen LogP contribution >= 0.6 is 0 Å². The van der Waals surface area contributed by atoms with E-state index >= 15 is 0 Å². The van der Waals surface area contributed by atoms with Gasteiger partial charge in [0.15, 0.2) is 0 Å². The van der Waals surface area contributed by atoms with Gasteiger partial charge in [-0.15, -0.1) is 0 Å². The Morgan fingerprint density at radius 1 is 1.12 bits per heavy atom. The molecule has 132 valence electrons. The van der Waals surface area contributed by atoms with Crippen LogP contribution in [0.5, 0.6) is 0 Å². The van der Waals surface area contributed by atoms with Crippen molar-refractivity contribution < 1.29 is 13.2 Å². The number of amides is 1. The molecule has 1 aliphatic rings. The average Bonchev–Trinajstić information content (AvgIpc) is 2.55. The lowest BCUT2D eigenvalue weighted by Gasteiger charge is -2.27. The topological polar surface area (TPSA) is 66.5 Å². The van der Waals surface area contributed by atoms with Crippen LogP contribution in [0.3, 0.4) is 0 Å². The number of aryl methyl sites for hydroxylation is 1. The van der Waals surface area contributed by atoms with Crippen molar-refractivity contribution in [1.82, 2.24) is 4.31 Å². The molecular formula is C19H22N2O3S. The summed E-state index contributed by atoms with van der Waals surface area (Å²) in [6.07, 6.45) is 2.23. The molecule has 0 saturated carbocycles. The predicted molar refractivity (Wildman–Crippen MR) is 98.9 cm³/mol. The van der Waals surface area contributed by atoms with Gasteiger partial charge in [0, 0.05) is 18.8 Å². The van der Waals surface area contributed by atoms with Crippen molar-refractivity contribution in [2.45, 2.75) is 26.3 Å². The van der Waals surface area contributed by atoms with E-state index in [1.807, 2.05) is 49.4 Å². The fourth-order valence-electron chi connectivity index (χ4n) is 2.99. The smallest absolute Gasteiger partial charge is 0.228 e. The van der Waals surface area contributed by atoms with Crippen molar-refractivity contribution in [3.63, 3.8) is 0 Å². The third-order valence-electron chi connectivity index (χ3n) is 4.42. The van der Waals surface area contributed by atoms with Crippen LogP contribution in [0.1, 0.15) is 22.3 Å². The molecule has 2 aromatic carbocycles. The molecule has 2 aromatic rings. The summed E-state index contributed by atoms with van der Waals surface area (Å²) in [6.45, 7) is 2.87. The highest BCUT2D eigenvalue weighted by Crippen LogP contribution is 2.24. The van der Waals surface area contributed by atoms with Gasteiger partial charge in [0.05, 0.1) is 12.7 Å². The largest absolute Gasteiger partial charge is 0.326 e. The summed E-state index contributed by atoms with van der Waals surface area (Å²) in [5, 5.41) is 2.90. The van der Waals surface area contributed by atoms with E-state index in [-0.39, 0.29) is 5.91 Å². The second-order valence-electron chi connectivity index (χ2n) is 6.54. The van der Waals surface area contributed by atoms with E-state index in [4.69, 9.17) is 0 Å². The Hall–Kier alpha value is -2.18. The number of rotatable bonds is 4. The fraction of sp³-hybridized carbons (Fsp3) is 0.316. The van der Waals surface area contributed by atoms with Crippen molar-refractivity contribution >= 4 is 21.6 Å². The molecule has 1 N–H and O–H groups in total. The SMILES string of the molecule is Cc1ccc(CC(=O)Nc2ccc3c(c2)CN(S(C)(=O)=O)CC3)cc1. The molecule has 6 heteroatoms. The lowest BCUT2D eigenvalue weighted by Crippen LogP contribution is -2.35. The van der Waals surface area contributed by atoms with Gasteiger partial charge in [-0.3, -0.25) is 4.79 Å². The molecule has 0 atom stereocenters. The molecule has 0 fully saturated rings. The molecule has 1 heterocycles. The summed E-state index contributed by atoms with van der Waals surface area (Å²) < 4.78 is 24.9. The van der Waals surface area contributed by atoms with Crippen molar-refractivity contribution in [3.05, 3.63) is 64.7 Å². The molecule has 0 bridgehead atoms. The minimum absolute atomic E-state index is 0.0837. The summed E-state index contributed by atoms with van der Waals surface area (Å²) in [6, 6.07) is 13.6. The van der Waals surface area contributed by atoms with E-state index in [1.165, 1.54) is 10.6 Å². The second-order valence-corrected chi connectivity index (χ2v) is 8.52. The zero-order chi connectivity index (χ0) is 18.0. The number of nitrogens with zero attached hydrogens (tertiary/aromatic N) is 1. The van der Waals surface area contributed by atoms with Crippen LogP contribution in [-0.2, 0) is 34.2 Å². The van der Waals surface area contributed by atoms with Crippen molar-refractivity contribution in [2.24, 2.45) is 0 Å². The maximum atomic E-state index is 12.2. The number of benzene rings is 2. The second kappa shape index (κ2) is 6.98. The van der Waals surface area contributed by atoms with Gasteiger partial charge >= 0.3 is 0 Å². The maximum Gasteiger partial charge on any atom is 0.228 e. The highest BCUT2D eigenvalue weighted by molar-refractivity contribution is 7.88. The highest BCUT2D eigenvalue weighted by Gasteiger charge is 2.23. The van der Waals surface area contributed by atoms with Crippen LogP contribution in [0.25, 0.3) is 0 Å². The molecule has 5 nitrogen and oxygen atoms in total. The van der Waals surface area contributed by atoms with Gasteiger partial charge in [-0.05, 0) is 42.2 Å². The quantitative estimate of drug-likeness (QED) is 0.913. The number of sulfonamides is 1. The van der Waals surface area contributed by atoms with Crippen LogP contribution in [0, 0.1) is 6.92 Å². The Morgan fingerprint density at radius 2 is 1.84 bits per heavy atom. The third kappa shape index (κ3) is 4.46. The van der Waals surface area contributed by atoms with Gasteiger partial charge < -0.3 is 5.32 Å². The van der Waals surface area contributed by atoms with E-state index in [1.54, 1.807) is 0 Å². The molecule has 25 heavy (non-hydrogen) atoms. The Balaban J connectivity index is 1.69. The summed E-state index contributed by atoms with van der Waals surface area (Å²) in [5.74, 6) is -0.0837. The minimum Gasteiger partial charge on any atom is -0.326 e. The molecule has 0 unspecified atom stereocenters.